The second-order valence-electron chi connectivity index (χ2n) is 5.72. The molecule has 1 aromatic carbocycles. The summed E-state index contributed by atoms with van der Waals surface area (Å²) < 4.78 is 13.6. The van der Waals surface area contributed by atoms with Gasteiger partial charge in [-0.25, -0.2) is 4.68 Å². The number of ether oxygens (including phenoxy) is 2. The van der Waals surface area contributed by atoms with E-state index in [2.05, 4.69) is 20.4 Å². The van der Waals surface area contributed by atoms with Gasteiger partial charge in [0, 0.05) is 11.3 Å². The lowest BCUT2D eigenvalue weighted by atomic mass is 10.2. The van der Waals surface area contributed by atoms with E-state index in [0.29, 0.717) is 28.8 Å². The van der Waals surface area contributed by atoms with Gasteiger partial charge in [-0.05, 0) is 39.0 Å². The lowest BCUT2D eigenvalue weighted by Gasteiger charge is -2.09. The number of aryl methyl sites for hydroxylation is 3. The third-order valence-electron chi connectivity index (χ3n) is 3.80. The van der Waals surface area contributed by atoms with Crippen molar-refractivity contribution in [2.24, 2.45) is 5.10 Å². The highest BCUT2D eigenvalue weighted by Crippen LogP contribution is 2.36. The first-order valence-corrected chi connectivity index (χ1v) is 7.89. The highest BCUT2D eigenvalue weighted by Gasteiger charge is 2.14. The second-order valence-corrected chi connectivity index (χ2v) is 5.72. The van der Waals surface area contributed by atoms with Crippen LogP contribution in [0.25, 0.3) is 5.95 Å². The van der Waals surface area contributed by atoms with E-state index in [-0.39, 0.29) is 5.75 Å². The van der Waals surface area contributed by atoms with Crippen LogP contribution in [0.15, 0.2) is 23.3 Å². The predicted molar refractivity (Wildman–Crippen MR) is 95.6 cm³/mol. The molecule has 0 bridgehead atoms. The van der Waals surface area contributed by atoms with Gasteiger partial charge in [-0.3, -0.25) is 0 Å². The van der Waals surface area contributed by atoms with E-state index in [0.717, 1.165) is 11.4 Å². The molecule has 0 saturated carbocycles. The van der Waals surface area contributed by atoms with Crippen LogP contribution in [0.3, 0.4) is 0 Å². The number of aromatic hydroxyl groups is 1. The number of phenols is 1. The molecule has 0 spiro atoms. The number of hydrogen-bond acceptors (Lipinski definition) is 7. The Balaban J connectivity index is 2.02. The van der Waals surface area contributed by atoms with Crippen molar-refractivity contribution in [1.29, 1.82) is 0 Å². The SMILES string of the molecule is COc1cc(C=Nn2c(C)nnc2-n2nc(C)cc2C)cc(OC)c1O. The summed E-state index contributed by atoms with van der Waals surface area (Å²) in [4.78, 5) is 0. The van der Waals surface area contributed by atoms with E-state index in [1.54, 1.807) is 34.6 Å². The molecule has 0 radical (unpaired) electrons. The zero-order chi connectivity index (χ0) is 18.8. The van der Waals surface area contributed by atoms with Crippen molar-refractivity contribution in [3.63, 3.8) is 0 Å². The van der Waals surface area contributed by atoms with Crippen LogP contribution >= 0.6 is 0 Å². The van der Waals surface area contributed by atoms with Gasteiger partial charge in [0.1, 0.15) is 0 Å². The van der Waals surface area contributed by atoms with Crippen molar-refractivity contribution >= 4 is 6.21 Å². The van der Waals surface area contributed by atoms with Crippen molar-refractivity contribution < 1.29 is 14.6 Å². The largest absolute Gasteiger partial charge is 0.502 e. The number of hydrogen-bond donors (Lipinski definition) is 1. The molecule has 1 N–H and O–H groups in total. The molecule has 0 fully saturated rings. The molecule has 0 aliphatic heterocycles. The Bertz CT molecular complexity index is 948. The Morgan fingerprint density at radius 2 is 1.69 bits per heavy atom. The van der Waals surface area contributed by atoms with Gasteiger partial charge in [-0.2, -0.15) is 14.9 Å². The van der Waals surface area contributed by atoms with E-state index in [9.17, 15) is 5.11 Å². The minimum atomic E-state index is -0.0593. The maximum atomic E-state index is 10.0. The van der Waals surface area contributed by atoms with Crippen LogP contribution in [-0.4, -0.2) is 50.2 Å². The second kappa shape index (κ2) is 6.87. The molecule has 0 aliphatic rings. The van der Waals surface area contributed by atoms with Gasteiger partial charge in [-0.1, -0.05) is 0 Å². The van der Waals surface area contributed by atoms with E-state index < -0.39 is 0 Å². The first kappa shape index (κ1) is 17.5. The molecule has 0 atom stereocenters. The van der Waals surface area contributed by atoms with Gasteiger partial charge < -0.3 is 14.6 Å². The summed E-state index contributed by atoms with van der Waals surface area (Å²) in [7, 11) is 2.94. The summed E-state index contributed by atoms with van der Waals surface area (Å²) in [5.74, 6) is 1.63. The predicted octanol–water partition coefficient (Wildman–Crippen LogP) is 1.99. The van der Waals surface area contributed by atoms with E-state index in [4.69, 9.17) is 9.47 Å². The fourth-order valence-corrected chi connectivity index (χ4v) is 2.56. The van der Waals surface area contributed by atoms with Crippen molar-refractivity contribution in [2.75, 3.05) is 14.2 Å². The monoisotopic (exact) mass is 356 g/mol. The molecule has 0 saturated heterocycles. The fourth-order valence-electron chi connectivity index (χ4n) is 2.56. The van der Waals surface area contributed by atoms with E-state index >= 15 is 0 Å². The summed E-state index contributed by atoms with van der Waals surface area (Å²) in [6, 6.07) is 5.27. The highest BCUT2D eigenvalue weighted by atomic mass is 16.5. The Morgan fingerprint density at radius 1 is 1.04 bits per heavy atom. The summed E-state index contributed by atoms with van der Waals surface area (Å²) in [5.41, 5.74) is 2.50. The Kier molecular flexibility index (Phi) is 4.61. The standard InChI is InChI=1S/C17H20N6O3/c1-10-6-11(2)22(21-10)17-20-19-12(3)23(17)18-9-13-7-14(25-4)16(24)15(8-13)26-5/h6-9,24H,1-5H3. The number of methoxy groups -OCH3 is 2. The number of rotatable bonds is 5. The zero-order valence-corrected chi connectivity index (χ0v) is 15.3. The molecule has 0 unspecified atom stereocenters. The van der Waals surface area contributed by atoms with E-state index in [1.165, 1.54) is 14.2 Å². The van der Waals surface area contributed by atoms with Crippen LogP contribution in [0, 0.1) is 20.8 Å². The normalized spacial score (nSPS) is 11.3. The van der Waals surface area contributed by atoms with Gasteiger partial charge in [0.05, 0.1) is 26.1 Å². The van der Waals surface area contributed by atoms with Crippen LogP contribution in [0.4, 0.5) is 0 Å². The topological polar surface area (TPSA) is 99.6 Å². The highest BCUT2D eigenvalue weighted by molar-refractivity contribution is 5.82. The Labute approximate surface area is 150 Å². The van der Waals surface area contributed by atoms with Crippen LogP contribution in [0.2, 0.25) is 0 Å². The molecule has 2 heterocycles. The molecule has 9 heteroatoms. The Hall–Kier alpha value is -3.36. The number of phenolic OH excluding ortho intramolecular Hbond substituents is 1. The van der Waals surface area contributed by atoms with E-state index in [1.807, 2.05) is 19.9 Å². The number of aromatic nitrogens is 5. The van der Waals surface area contributed by atoms with Crippen LogP contribution in [0.1, 0.15) is 22.8 Å². The van der Waals surface area contributed by atoms with Gasteiger partial charge in [0.15, 0.2) is 17.3 Å². The minimum absolute atomic E-state index is 0.0593. The van der Waals surface area contributed by atoms with Crippen molar-refractivity contribution in [3.8, 4) is 23.2 Å². The third kappa shape index (κ3) is 3.10. The zero-order valence-electron chi connectivity index (χ0n) is 15.3. The molecule has 0 aliphatic carbocycles. The van der Waals surface area contributed by atoms with Crippen molar-refractivity contribution in [1.82, 2.24) is 24.7 Å². The molecule has 136 valence electrons. The molecular formula is C17H20N6O3. The Morgan fingerprint density at radius 3 is 2.23 bits per heavy atom. The van der Waals surface area contributed by atoms with Gasteiger partial charge >= 0.3 is 0 Å². The fraction of sp³-hybridized carbons (Fsp3) is 0.294. The molecule has 3 rings (SSSR count). The van der Waals surface area contributed by atoms with Gasteiger partial charge in [0.25, 0.3) is 5.95 Å². The number of nitrogens with zero attached hydrogens (tertiary/aromatic N) is 6. The minimum Gasteiger partial charge on any atom is -0.502 e. The molecule has 26 heavy (non-hydrogen) atoms. The summed E-state index contributed by atoms with van der Waals surface area (Å²) in [5, 5.41) is 27.1. The number of benzene rings is 1. The first-order valence-electron chi connectivity index (χ1n) is 7.89. The summed E-state index contributed by atoms with van der Waals surface area (Å²) in [6.07, 6.45) is 1.61. The molecule has 0 amide bonds. The smallest absolute Gasteiger partial charge is 0.273 e. The molecular weight excluding hydrogens is 336 g/mol. The molecule has 9 nitrogen and oxygen atoms in total. The third-order valence-corrected chi connectivity index (χ3v) is 3.80. The molecule has 2 aromatic heterocycles. The maximum Gasteiger partial charge on any atom is 0.273 e. The van der Waals surface area contributed by atoms with Gasteiger partial charge in [0.2, 0.25) is 5.75 Å². The first-order chi connectivity index (χ1) is 12.4. The van der Waals surface area contributed by atoms with Gasteiger partial charge in [-0.15, -0.1) is 10.2 Å². The molecule has 3 aromatic rings. The van der Waals surface area contributed by atoms with Crippen LogP contribution < -0.4 is 9.47 Å². The van der Waals surface area contributed by atoms with Crippen molar-refractivity contribution in [3.05, 3.63) is 41.0 Å². The lowest BCUT2D eigenvalue weighted by molar-refractivity contribution is 0.340. The lowest BCUT2D eigenvalue weighted by Crippen LogP contribution is -2.08. The van der Waals surface area contributed by atoms with Crippen LogP contribution in [0.5, 0.6) is 17.2 Å². The van der Waals surface area contributed by atoms with Crippen molar-refractivity contribution in [2.45, 2.75) is 20.8 Å². The van der Waals surface area contributed by atoms with Crippen LogP contribution in [-0.2, 0) is 0 Å². The summed E-state index contributed by atoms with van der Waals surface area (Å²) >= 11 is 0. The summed E-state index contributed by atoms with van der Waals surface area (Å²) in [6.45, 7) is 5.65. The average molecular weight is 356 g/mol. The maximum absolute atomic E-state index is 10.0. The average Bonchev–Trinajstić information content (AvgIpc) is 3.15. The quantitative estimate of drug-likeness (QED) is 0.702.